The second-order valence-corrected chi connectivity index (χ2v) is 8.48. The highest BCUT2D eigenvalue weighted by Crippen LogP contribution is 2.33. The first-order valence-electron chi connectivity index (χ1n) is 11.4. The number of aryl methyl sites for hydroxylation is 3. The lowest BCUT2D eigenvalue weighted by Gasteiger charge is -2.32. The third kappa shape index (κ3) is 4.24. The van der Waals surface area contributed by atoms with Gasteiger partial charge < -0.3 is 14.6 Å². The average Bonchev–Trinajstić information content (AvgIpc) is 3.16. The van der Waals surface area contributed by atoms with Gasteiger partial charge in [-0.2, -0.15) is 0 Å². The van der Waals surface area contributed by atoms with Crippen molar-refractivity contribution in [3.8, 4) is 5.75 Å². The maximum Gasteiger partial charge on any atom is 0.268 e. The SMILES string of the molecule is C[C@H]1Oc2ccccc2N(CC(=O)Nc2ccc3c(c2)nc(CCc2ccccc2)n3C)C1=O. The van der Waals surface area contributed by atoms with Crippen molar-refractivity contribution in [2.24, 2.45) is 7.05 Å². The van der Waals surface area contributed by atoms with E-state index in [2.05, 4.69) is 22.0 Å². The zero-order chi connectivity index (χ0) is 23.7. The Morgan fingerprint density at radius 1 is 1.03 bits per heavy atom. The molecule has 0 fully saturated rings. The average molecular weight is 455 g/mol. The molecule has 1 aliphatic rings. The van der Waals surface area contributed by atoms with Crippen molar-refractivity contribution in [3.63, 3.8) is 0 Å². The molecular weight excluding hydrogens is 428 g/mol. The zero-order valence-electron chi connectivity index (χ0n) is 19.2. The third-order valence-corrected chi connectivity index (χ3v) is 6.11. The summed E-state index contributed by atoms with van der Waals surface area (Å²) in [5.74, 6) is 1.07. The van der Waals surface area contributed by atoms with Crippen LogP contribution in [0.1, 0.15) is 18.3 Å². The fourth-order valence-electron chi connectivity index (χ4n) is 4.32. The molecule has 1 atom stereocenters. The van der Waals surface area contributed by atoms with Crippen molar-refractivity contribution in [3.05, 3.63) is 84.2 Å². The number of benzene rings is 3. The van der Waals surface area contributed by atoms with Crippen LogP contribution in [-0.2, 0) is 29.5 Å². The molecule has 7 heteroatoms. The fourth-order valence-corrected chi connectivity index (χ4v) is 4.32. The zero-order valence-corrected chi connectivity index (χ0v) is 19.2. The normalized spacial score (nSPS) is 15.2. The van der Waals surface area contributed by atoms with Gasteiger partial charge in [0.15, 0.2) is 6.10 Å². The Balaban J connectivity index is 1.30. The minimum absolute atomic E-state index is 0.0911. The Labute approximate surface area is 198 Å². The summed E-state index contributed by atoms with van der Waals surface area (Å²) in [4.78, 5) is 31.8. The maximum atomic E-state index is 12.8. The number of hydrogen-bond donors (Lipinski definition) is 1. The number of rotatable bonds is 6. The van der Waals surface area contributed by atoms with Crippen LogP contribution in [0.15, 0.2) is 72.8 Å². The lowest BCUT2D eigenvalue weighted by molar-refractivity contribution is -0.127. The van der Waals surface area contributed by atoms with Gasteiger partial charge in [0.2, 0.25) is 5.91 Å². The number of hydrogen-bond acceptors (Lipinski definition) is 4. The molecule has 7 nitrogen and oxygen atoms in total. The van der Waals surface area contributed by atoms with Gasteiger partial charge in [-0.25, -0.2) is 4.98 Å². The Bertz CT molecular complexity index is 1360. The van der Waals surface area contributed by atoms with E-state index < -0.39 is 6.10 Å². The van der Waals surface area contributed by atoms with E-state index in [4.69, 9.17) is 9.72 Å². The van der Waals surface area contributed by atoms with Crippen molar-refractivity contribution in [1.82, 2.24) is 9.55 Å². The quantitative estimate of drug-likeness (QED) is 0.476. The van der Waals surface area contributed by atoms with Crippen LogP contribution in [0.2, 0.25) is 0 Å². The van der Waals surface area contributed by atoms with E-state index in [1.807, 2.05) is 55.6 Å². The largest absolute Gasteiger partial charge is 0.479 e. The number of amides is 2. The van der Waals surface area contributed by atoms with Crippen LogP contribution in [0, 0.1) is 0 Å². The molecule has 2 amide bonds. The summed E-state index contributed by atoms with van der Waals surface area (Å²) in [6.45, 7) is 1.60. The highest BCUT2D eigenvalue weighted by Gasteiger charge is 2.32. The van der Waals surface area contributed by atoms with Gasteiger partial charge in [-0.3, -0.25) is 14.5 Å². The molecular formula is C27H26N4O3. The van der Waals surface area contributed by atoms with Crippen molar-refractivity contribution in [2.45, 2.75) is 25.9 Å². The second kappa shape index (κ2) is 9.02. The summed E-state index contributed by atoms with van der Waals surface area (Å²) in [6.07, 6.45) is 1.10. The molecule has 1 aliphatic heterocycles. The van der Waals surface area contributed by atoms with Crippen molar-refractivity contribution in [1.29, 1.82) is 0 Å². The van der Waals surface area contributed by atoms with Crippen LogP contribution >= 0.6 is 0 Å². The topological polar surface area (TPSA) is 76.5 Å². The number of aromatic nitrogens is 2. The molecule has 1 aromatic heterocycles. The molecule has 3 aromatic carbocycles. The van der Waals surface area contributed by atoms with E-state index in [-0.39, 0.29) is 18.4 Å². The first kappa shape index (κ1) is 21.7. The second-order valence-electron chi connectivity index (χ2n) is 8.48. The number of anilines is 2. The molecule has 0 spiro atoms. The summed E-state index contributed by atoms with van der Waals surface area (Å²) < 4.78 is 7.74. The van der Waals surface area contributed by atoms with Crippen molar-refractivity contribution in [2.75, 3.05) is 16.8 Å². The van der Waals surface area contributed by atoms with Gasteiger partial charge in [-0.1, -0.05) is 42.5 Å². The number of carbonyl (C=O) groups is 2. The maximum absolute atomic E-state index is 12.8. The summed E-state index contributed by atoms with van der Waals surface area (Å²) in [6, 6.07) is 23.3. The van der Waals surface area contributed by atoms with Crippen molar-refractivity contribution >= 4 is 34.2 Å². The predicted molar refractivity (Wildman–Crippen MR) is 132 cm³/mol. The van der Waals surface area contributed by atoms with Gasteiger partial charge in [0.05, 0.1) is 16.7 Å². The Hall–Kier alpha value is -4.13. The fraction of sp³-hybridized carbons (Fsp3) is 0.222. The van der Waals surface area contributed by atoms with Gasteiger partial charge in [0.25, 0.3) is 5.91 Å². The monoisotopic (exact) mass is 454 g/mol. The van der Waals surface area contributed by atoms with Gasteiger partial charge in [-0.15, -0.1) is 0 Å². The molecule has 172 valence electrons. The Morgan fingerprint density at radius 3 is 2.62 bits per heavy atom. The molecule has 5 rings (SSSR count). The summed E-state index contributed by atoms with van der Waals surface area (Å²) in [5.41, 5.74) is 4.35. The highest BCUT2D eigenvalue weighted by molar-refractivity contribution is 6.06. The molecule has 0 unspecified atom stereocenters. The number of imidazole rings is 1. The summed E-state index contributed by atoms with van der Waals surface area (Å²) in [7, 11) is 2.01. The van der Waals surface area contributed by atoms with E-state index in [0.717, 1.165) is 29.7 Å². The number of ether oxygens (including phenoxy) is 1. The van der Waals surface area contributed by atoms with Crippen LogP contribution in [0.3, 0.4) is 0 Å². The molecule has 0 saturated carbocycles. The molecule has 1 N–H and O–H groups in total. The van der Waals surface area contributed by atoms with Gasteiger partial charge in [0, 0.05) is 19.2 Å². The standard InChI is InChI=1S/C27H26N4O3/c1-18-27(33)31(23-10-6-7-11-24(23)34-18)17-26(32)28-20-13-14-22-21(16-20)29-25(30(22)2)15-12-19-8-4-3-5-9-19/h3-11,13-14,16,18H,12,15,17H2,1-2H3,(H,28,32)/t18-/m1/s1. The number of nitrogens with zero attached hydrogens (tertiary/aromatic N) is 3. The highest BCUT2D eigenvalue weighted by atomic mass is 16.5. The summed E-state index contributed by atoms with van der Waals surface area (Å²) in [5, 5.41) is 2.91. The summed E-state index contributed by atoms with van der Waals surface area (Å²) >= 11 is 0. The number of nitrogens with one attached hydrogen (secondary N) is 1. The van der Waals surface area contributed by atoms with Crippen LogP contribution in [-0.4, -0.2) is 34.0 Å². The van der Waals surface area contributed by atoms with E-state index in [1.54, 1.807) is 19.1 Å². The van der Waals surface area contributed by atoms with Crippen LogP contribution in [0.25, 0.3) is 11.0 Å². The lowest BCUT2D eigenvalue weighted by Crippen LogP contribution is -2.47. The van der Waals surface area contributed by atoms with E-state index >= 15 is 0 Å². The Kier molecular flexibility index (Phi) is 5.76. The molecule has 4 aromatic rings. The van der Waals surface area contributed by atoms with E-state index in [9.17, 15) is 9.59 Å². The smallest absolute Gasteiger partial charge is 0.268 e. The van der Waals surface area contributed by atoms with Gasteiger partial charge in [0.1, 0.15) is 18.1 Å². The minimum Gasteiger partial charge on any atom is -0.479 e. The minimum atomic E-state index is -0.637. The predicted octanol–water partition coefficient (Wildman–Crippen LogP) is 4.11. The number of fused-ring (bicyclic) bond motifs is 2. The first-order valence-corrected chi connectivity index (χ1v) is 11.4. The van der Waals surface area contributed by atoms with Gasteiger partial charge >= 0.3 is 0 Å². The molecule has 0 aliphatic carbocycles. The molecule has 34 heavy (non-hydrogen) atoms. The molecule has 0 bridgehead atoms. The first-order chi connectivity index (χ1) is 16.5. The Morgan fingerprint density at radius 2 is 1.79 bits per heavy atom. The number of carbonyl (C=O) groups excluding carboxylic acids is 2. The molecule has 0 radical (unpaired) electrons. The van der Waals surface area contributed by atoms with Crippen LogP contribution < -0.4 is 15.0 Å². The van der Waals surface area contributed by atoms with E-state index in [0.29, 0.717) is 17.1 Å². The number of para-hydroxylation sites is 2. The molecule has 2 heterocycles. The lowest BCUT2D eigenvalue weighted by atomic mass is 10.1. The molecule has 0 saturated heterocycles. The van der Waals surface area contributed by atoms with Crippen LogP contribution in [0.5, 0.6) is 5.75 Å². The van der Waals surface area contributed by atoms with E-state index in [1.165, 1.54) is 10.5 Å². The van der Waals surface area contributed by atoms with Crippen LogP contribution in [0.4, 0.5) is 11.4 Å². The van der Waals surface area contributed by atoms with Crippen molar-refractivity contribution < 1.29 is 14.3 Å². The third-order valence-electron chi connectivity index (χ3n) is 6.11. The van der Waals surface area contributed by atoms with Gasteiger partial charge in [-0.05, 0) is 49.2 Å².